The predicted octanol–water partition coefficient (Wildman–Crippen LogP) is 24.0. The number of aryl methyl sites for hydroxylation is 2. The number of carbonyl (C=O) groups excluding carboxylic acids is 1. The topological polar surface area (TPSA) is 290 Å². The SMILES string of the molecule is C.CCOC(=O)c1csc(-n2nc(-c3ccccc3)cc2-c2ccccc2)n1.CN(C)c1c(-c2ccccc2)nn(-c2nc(C(=O)O)cs2)c1-c1ccccc1.CNc1c(-c2ccccc2)nn(-c2nc(C(=O)O)cs2)c1-c1ccccc1.Cc1csc(-n2nc(-c3ccccc3)cc2-c2ccccc2)n1.Cc1csc(-n2nc(-c3ccccc3O)cc2-c2ccccc2)n1. The van der Waals surface area contributed by atoms with Gasteiger partial charge in [-0.25, -0.2) is 62.7 Å². The molecule has 10 heterocycles. The van der Waals surface area contributed by atoms with Gasteiger partial charge in [-0.15, -0.1) is 56.7 Å². The van der Waals surface area contributed by atoms with Gasteiger partial charge in [0.1, 0.15) is 28.5 Å². The van der Waals surface area contributed by atoms with Crippen molar-refractivity contribution >= 4 is 86.0 Å². The van der Waals surface area contributed by atoms with Crippen molar-refractivity contribution < 1.29 is 34.4 Å². The maximum Gasteiger partial charge on any atom is 0.357 e. The second-order valence-electron chi connectivity index (χ2n) is 28.8. The largest absolute Gasteiger partial charge is 0.507 e. The molecule has 646 valence electrons. The standard InChI is InChI=1S/C21H18N4O2S.C21H17N3O2S.C20H16N4O2S.C19H15N3OS.C19H15N3S.CH4/c1-24(2)19-17(14-9-5-3-6-10-14)23-25(18(19)15-11-7-4-8-12-15)21-22-16(13-28-21)20(26)27;1-2-26-20(25)18-14-27-21(22-18)24-19(16-11-7-4-8-12-16)13-17(23-24)15-9-5-3-6-10-15;1-21-17-16(13-8-4-2-5-9-13)23-24(18(17)14-10-6-3-7-11-14)20-22-15(12-27-20)19(25)26;1-13-12-24-19(20-13)22-17(14-7-3-2-4-8-14)11-16(21-22)15-9-5-6-10-18(15)23;1-14-13-23-19(20-14)22-18(16-10-6-3-7-11-16)12-17(21-22)15-8-4-2-5-9-15;/h3-13H,1-2H3,(H,26,27);3-14H,2H2,1H3;2-12,21H,1H3,(H,25,26);2-12,23H,1H3;2-13H,1H3;1H4. The molecule has 20 aromatic rings. The molecular formula is C101H85N17O7S5. The number of phenols is 1. The van der Waals surface area contributed by atoms with Gasteiger partial charge >= 0.3 is 17.9 Å². The van der Waals surface area contributed by atoms with Crippen molar-refractivity contribution in [2.45, 2.75) is 28.2 Å². The Morgan fingerprint density at radius 3 is 1.04 bits per heavy atom. The number of hydrogen-bond acceptors (Lipinski definition) is 22. The molecule has 20 rings (SSSR count). The monoisotopic (exact) mass is 1810 g/mol. The lowest BCUT2D eigenvalue weighted by Crippen LogP contribution is -2.11. The molecule has 29 heteroatoms. The summed E-state index contributed by atoms with van der Waals surface area (Å²) in [5, 5.41) is 67.9. The number of hydrogen-bond donors (Lipinski definition) is 4. The first-order valence-corrected chi connectivity index (χ1v) is 45.0. The van der Waals surface area contributed by atoms with Crippen LogP contribution in [0, 0.1) is 13.8 Å². The molecule has 0 aliphatic carbocycles. The van der Waals surface area contributed by atoms with Crippen molar-refractivity contribution in [3.8, 4) is 144 Å². The fraction of sp³-hybridized carbons (Fsp3) is 0.0792. The lowest BCUT2D eigenvalue weighted by molar-refractivity contribution is 0.0519. The fourth-order valence-corrected chi connectivity index (χ4v) is 17.7. The van der Waals surface area contributed by atoms with Crippen LogP contribution >= 0.6 is 56.7 Å². The molecule has 10 aromatic carbocycles. The van der Waals surface area contributed by atoms with Crippen molar-refractivity contribution in [2.24, 2.45) is 0 Å². The molecule has 4 N–H and O–H groups in total. The zero-order chi connectivity index (χ0) is 89.3. The summed E-state index contributed by atoms with van der Waals surface area (Å²) in [5.41, 5.74) is 22.8. The molecule has 0 saturated heterocycles. The van der Waals surface area contributed by atoms with E-state index in [1.807, 2.05) is 333 Å². The predicted molar refractivity (Wildman–Crippen MR) is 522 cm³/mol. The minimum absolute atomic E-state index is 0. The van der Waals surface area contributed by atoms with Gasteiger partial charge in [0, 0.05) is 104 Å². The summed E-state index contributed by atoms with van der Waals surface area (Å²) in [4.78, 5) is 58.6. The van der Waals surface area contributed by atoms with Crippen LogP contribution in [-0.4, -0.2) is 135 Å². The van der Waals surface area contributed by atoms with Crippen molar-refractivity contribution in [1.82, 2.24) is 73.8 Å². The van der Waals surface area contributed by atoms with E-state index in [0.717, 1.165) is 140 Å². The van der Waals surface area contributed by atoms with Crippen LogP contribution in [0.25, 0.3) is 138 Å². The van der Waals surface area contributed by atoms with Crippen LogP contribution in [0.1, 0.15) is 57.2 Å². The lowest BCUT2D eigenvalue weighted by atomic mass is 10.1. The smallest absolute Gasteiger partial charge is 0.357 e. The number of aromatic hydroxyl groups is 1. The number of carbonyl (C=O) groups is 3. The molecule has 0 radical (unpaired) electrons. The summed E-state index contributed by atoms with van der Waals surface area (Å²) in [6, 6.07) is 104. The Kier molecular flexibility index (Phi) is 28.5. The van der Waals surface area contributed by atoms with Gasteiger partial charge in [-0.1, -0.05) is 293 Å². The molecule has 10 aromatic heterocycles. The van der Waals surface area contributed by atoms with E-state index in [4.69, 9.17) is 30.2 Å². The molecule has 0 atom stereocenters. The second-order valence-corrected chi connectivity index (χ2v) is 33.0. The highest BCUT2D eigenvalue weighted by Gasteiger charge is 2.28. The zero-order valence-electron chi connectivity index (χ0n) is 70.3. The Balaban J connectivity index is 0.000000125. The third-order valence-corrected chi connectivity index (χ3v) is 24.1. The number of ether oxygens (including phenoxy) is 1. The van der Waals surface area contributed by atoms with Crippen LogP contribution in [0.15, 0.2) is 342 Å². The number of aromatic nitrogens is 15. The number of phenolic OH excluding ortho intramolecular Hbond substituents is 1. The van der Waals surface area contributed by atoms with Gasteiger partial charge < -0.3 is 30.3 Å². The number of thiazole rings is 5. The third-order valence-electron chi connectivity index (χ3n) is 19.8. The molecular weight excluding hydrogens is 1720 g/mol. The Morgan fingerprint density at radius 2 is 0.669 bits per heavy atom. The van der Waals surface area contributed by atoms with Gasteiger partial charge in [0.2, 0.25) is 25.7 Å². The molecule has 0 aliphatic rings. The average Bonchev–Trinajstić information content (AvgIpc) is 1.60. The third kappa shape index (κ3) is 20.3. The van der Waals surface area contributed by atoms with Crippen LogP contribution in [0.3, 0.4) is 0 Å². The van der Waals surface area contributed by atoms with Gasteiger partial charge in [0.25, 0.3) is 0 Å². The zero-order valence-corrected chi connectivity index (χ0v) is 74.4. The number of anilines is 2. The Labute approximate surface area is 769 Å². The quantitative estimate of drug-likeness (QED) is 0.0486. The minimum atomic E-state index is -1.05. The van der Waals surface area contributed by atoms with Gasteiger partial charge in [-0.2, -0.15) is 25.5 Å². The molecule has 0 bridgehead atoms. The van der Waals surface area contributed by atoms with Crippen molar-refractivity contribution in [1.29, 1.82) is 0 Å². The first-order valence-electron chi connectivity index (χ1n) is 40.6. The maximum atomic E-state index is 12.0. The summed E-state index contributed by atoms with van der Waals surface area (Å²) in [6.07, 6.45) is 0. The number of carboxylic acids is 2. The number of aromatic carboxylic acids is 2. The van der Waals surface area contributed by atoms with Crippen LogP contribution in [0.4, 0.5) is 11.4 Å². The first-order chi connectivity index (χ1) is 63.0. The van der Waals surface area contributed by atoms with Crippen molar-refractivity contribution in [3.63, 3.8) is 0 Å². The Bertz CT molecular complexity index is 7160. The molecule has 24 nitrogen and oxygen atoms in total. The first kappa shape index (κ1) is 89.0. The van der Waals surface area contributed by atoms with E-state index in [-0.39, 0.29) is 24.6 Å². The summed E-state index contributed by atoms with van der Waals surface area (Å²) in [6.45, 7) is 6.07. The highest BCUT2D eigenvalue weighted by molar-refractivity contribution is 7.13. The van der Waals surface area contributed by atoms with E-state index in [9.17, 15) is 29.7 Å². The molecule has 0 spiro atoms. The Morgan fingerprint density at radius 1 is 0.362 bits per heavy atom. The fourth-order valence-electron chi connectivity index (χ4n) is 13.9. The number of nitrogens with one attached hydrogen (secondary N) is 1. The molecule has 0 unspecified atom stereocenters. The van der Waals surface area contributed by atoms with E-state index in [1.54, 1.807) is 61.2 Å². The summed E-state index contributed by atoms with van der Waals surface area (Å²) in [5.74, 6) is -2.30. The number of esters is 1. The van der Waals surface area contributed by atoms with E-state index in [2.05, 4.69) is 60.6 Å². The number of para-hydroxylation sites is 1. The van der Waals surface area contributed by atoms with E-state index in [1.165, 1.54) is 44.8 Å². The summed E-state index contributed by atoms with van der Waals surface area (Å²) >= 11 is 7.03. The van der Waals surface area contributed by atoms with Gasteiger partial charge in [-0.3, -0.25) is 0 Å². The lowest BCUT2D eigenvalue weighted by Gasteiger charge is -2.16. The normalized spacial score (nSPS) is 10.7. The average molecular weight is 1810 g/mol. The highest BCUT2D eigenvalue weighted by atomic mass is 32.1. The Hall–Kier alpha value is -15.8. The van der Waals surface area contributed by atoms with Crippen LogP contribution in [0.5, 0.6) is 5.75 Å². The molecule has 130 heavy (non-hydrogen) atoms. The summed E-state index contributed by atoms with van der Waals surface area (Å²) < 4.78 is 14.1. The van der Waals surface area contributed by atoms with Gasteiger partial charge in [0.15, 0.2) is 17.1 Å². The molecule has 0 aliphatic heterocycles. The van der Waals surface area contributed by atoms with E-state index in [0.29, 0.717) is 33.3 Å². The minimum Gasteiger partial charge on any atom is -0.507 e. The summed E-state index contributed by atoms with van der Waals surface area (Å²) in [7, 11) is 5.81. The highest BCUT2D eigenvalue weighted by Crippen LogP contribution is 2.43. The van der Waals surface area contributed by atoms with Crippen LogP contribution in [-0.2, 0) is 4.74 Å². The van der Waals surface area contributed by atoms with Crippen molar-refractivity contribution in [3.05, 3.63) is 371 Å². The van der Waals surface area contributed by atoms with Gasteiger partial charge in [0.05, 0.1) is 63.5 Å². The molecule has 0 amide bonds. The van der Waals surface area contributed by atoms with E-state index >= 15 is 0 Å². The molecule has 0 fully saturated rings. The van der Waals surface area contributed by atoms with Gasteiger partial charge in [-0.05, 0) is 51.1 Å². The number of benzene rings is 10. The second kappa shape index (κ2) is 41.6. The number of rotatable bonds is 21. The number of nitrogens with zero attached hydrogens (tertiary/aromatic N) is 16. The van der Waals surface area contributed by atoms with Crippen molar-refractivity contribution in [2.75, 3.05) is 38.0 Å². The molecule has 0 saturated carbocycles. The van der Waals surface area contributed by atoms with Crippen LogP contribution in [0.2, 0.25) is 0 Å². The number of carboxylic acid groups (broad SMARTS) is 2. The maximum absolute atomic E-state index is 12.0. The van der Waals surface area contributed by atoms with E-state index < -0.39 is 17.9 Å². The van der Waals surface area contributed by atoms with Crippen LogP contribution < -0.4 is 10.2 Å².